The fourth-order valence-electron chi connectivity index (χ4n) is 2.52. The summed E-state index contributed by atoms with van der Waals surface area (Å²) in [5.74, 6) is 0.718. The monoisotopic (exact) mass is 255 g/mol. The van der Waals surface area contributed by atoms with Gasteiger partial charge in [0.25, 0.3) is 0 Å². The number of hydrogen-bond donors (Lipinski definition) is 2. The normalized spacial score (nSPS) is 22.2. The fraction of sp³-hybridized carbons (Fsp3) is 0.929. The van der Waals surface area contributed by atoms with E-state index in [1.807, 2.05) is 13.8 Å². The van der Waals surface area contributed by atoms with Crippen LogP contribution in [-0.4, -0.2) is 43.0 Å². The summed E-state index contributed by atoms with van der Waals surface area (Å²) in [5, 5.41) is 3.03. The first kappa shape index (κ1) is 15.4. The summed E-state index contributed by atoms with van der Waals surface area (Å²) in [6.07, 6.45) is 1.61. The van der Waals surface area contributed by atoms with Crippen molar-refractivity contribution in [1.29, 1.82) is 0 Å². The maximum absolute atomic E-state index is 11.8. The van der Waals surface area contributed by atoms with Crippen LogP contribution in [-0.2, 0) is 4.79 Å². The molecule has 4 heteroatoms. The molecule has 0 aromatic carbocycles. The largest absolute Gasteiger partial charge is 0.355 e. The van der Waals surface area contributed by atoms with Crippen LogP contribution in [0.4, 0.5) is 0 Å². The Morgan fingerprint density at radius 2 is 2.00 bits per heavy atom. The van der Waals surface area contributed by atoms with Crippen molar-refractivity contribution in [2.75, 3.05) is 26.7 Å². The number of hydrogen-bond acceptors (Lipinski definition) is 3. The van der Waals surface area contributed by atoms with Crippen LogP contribution in [0.15, 0.2) is 0 Å². The Morgan fingerprint density at radius 1 is 1.39 bits per heavy atom. The van der Waals surface area contributed by atoms with Crippen LogP contribution < -0.4 is 11.1 Å². The number of carbonyl (C=O) groups excluding carboxylic acids is 1. The SMILES string of the molecule is CN1CCC(C(C)(C)CNC(=O)CC(C)(C)N)C1. The molecule has 0 aromatic heterocycles. The van der Waals surface area contributed by atoms with Crippen molar-refractivity contribution < 1.29 is 4.79 Å². The molecular formula is C14H29N3O. The lowest BCUT2D eigenvalue weighted by Gasteiger charge is -2.32. The van der Waals surface area contributed by atoms with Crippen molar-refractivity contribution in [3.05, 3.63) is 0 Å². The molecule has 3 N–H and O–H groups in total. The van der Waals surface area contributed by atoms with E-state index in [1.165, 1.54) is 6.42 Å². The number of carbonyl (C=O) groups is 1. The minimum Gasteiger partial charge on any atom is -0.355 e. The minimum atomic E-state index is -0.429. The summed E-state index contributed by atoms with van der Waals surface area (Å²) in [6, 6.07) is 0. The molecule has 1 heterocycles. The van der Waals surface area contributed by atoms with E-state index < -0.39 is 5.54 Å². The van der Waals surface area contributed by atoms with Crippen molar-refractivity contribution in [2.24, 2.45) is 17.1 Å². The van der Waals surface area contributed by atoms with Crippen LogP contribution in [0.2, 0.25) is 0 Å². The lowest BCUT2D eigenvalue weighted by molar-refractivity contribution is -0.122. The van der Waals surface area contributed by atoms with Crippen LogP contribution in [0.5, 0.6) is 0 Å². The molecule has 0 bridgehead atoms. The highest BCUT2D eigenvalue weighted by atomic mass is 16.1. The van der Waals surface area contributed by atoms with E-state index in [9.17, 15) is 4.79 Å². The molecule has 106 valence electrons. The molecule has 0 aliphatic carbocycles. The summed E-state index contributed by atoms with van der Waals surface area (Å²) in [6.45, 7) is 11.3. The second-order valence-electron chi connectivity index (χ2n) is 7.18. The predicted molar refractivity (Wildman–Crippen MR) is 75.3 cm³/mol. The molecule has 0 spiro atoms. The molecule has 1 rings (SSSR count). The first-order valence-corrected chi connectivity index (χ1v) is 6.84. The molecule has 0 radical (unpaired) electrons. The second-order valence-corrected chi connectivity index (χ2v) is 7.18. The van der Waals surface area contributed by atoms with E-state index in [-0.39, 0.29) is 11.3 Å². The van der Waals surface area contributed by atoms with E-state index in [1.54, 1.807) is 0 Å². The molecule has 1 fully saturated rings. The first-order chi connectivity index (χ1) is 8.10. The maximum Gasteiger partial charge on any atom is 0.221 e. The Hall–Kier alpha value is -0.610. The van der Waals surface area contributed by atoms with Gasteiger partial charge in [0.15, 0.2) is 0 Å². The quantitative estimate of drug-likeness (QED) is 0.776. The van der Waals surface area contributed by atoms with Crippen molar-refractivity contribution in [3.63, 3.8) is 0 Å². The van der Waals surface area contributed by atoms with Gasteiger partial charge in [-0.15, -0.1) is 0 Å². The van der Waals surface area contributed by atoms with Gasteiger partial charge in [-0.25, -0.2) is 0 Å². The average molecular weight is 255 g/mol. The topological polar surface area (TPSA) is 58.4 Å². The molecular weight excluding hydrogens is 226 g/mol. The standard InChI is InChI=1S/C14H29N3O/c1-13(2,11-6-7-17(5)9-11)10-16-12(18)8-14(3,4)15/h11H,6-10,15H2,1-5H3,(H,16,18). The van der Waals surface area contributed by atoms with Gasteiger partial charge < -0.3 is 16.0 Å². The van der Waals surface area contributed by atoms with E-state index in [0.717, 1.165) is 19.6 Å². The molecule has 1 atom stereocenters. The Kier molecular flexibility index (Phi) is 4.78. The molecule has 1 aliphatic rings. The first-order valence-electron chi connectivity index (χ1n) is 6.84. The van der Waals surface area contributed by atoms with Gasteiger partial charge in [0, 0.05) is 25.0 Å². The number of nitrogens with two attached hydrogens (primary N) is 1. The molecule has 1 amide bonds. The number of rotatable bonds is 5. The third kappa shape index (κ3) is 4.94. The summed E-state index contributed by atoms with van der Waals surface area (Å²) < 4.78 is 0. The van der Waals surface area contributed by atoms with Crippen molar-refractivity contribution in [1.82, 2.24) is 10.2 Å². The highest BCUT2D eigenvalue weighted by Gasteiger charge is 2.34. The second kappa shape index (κ2) is 5.57. The highest BCUT2D eigenvalue weighted by molar-refractivity contribution is 5.77. The summed E-state index contributed by atoms with van der Waals surface area (Å²) in [5.41, 5.74) is 5.57. The van der Waals surface area contributed by atoms with Gasteiger partial charge in [0.05, 0.1) is 0 Å². The molecule has 4 nitrogen and oxygen atoms in total. The van der Waals surface area contributed by atoms with E-state index >= 15 is 0 Å². The Balaban J connectivity index is 2.39. The van der Waals surface area contributed by atoms with Gasteiger partial charge in [0.1, 0.15) is 0 Å². The molecule has 1 aliphatic heterocycles. The van der Waals surface area contributed by atoms with Gasteiger partial charge in [-0.2, -0.15) is 0 Å². The van der Waals surface area contributed by atoms with Crippen LogP contribution >= 0.6 is 0 Å². The van der Waals surface area contributed by atoms with Crippen molar-refractivity contribution in [2.45, 2.75) is 46.1 Å². The summed E-state index contributed by atoms with van der Waals surface area (Å²) in [4.78, 5) is 14.1. The van der Waals surface area contributed by atoms with Crippen molar-refractivity contribution in [3.8, 4) is 0 Å². The Morgan fingerprint density at radius 3 is 2.44 bits per heavy atom. The Bertz CT molecular complexity index is 294. The number of amides is 1. The van der Waals surface area contributed by atoms with Gasteiger partial charge >= 0.3 is 0 Å². The molecule has 1 saturated heterocycles. The zero-order valence-corrected chi connectivity index (χ0v) is 12.5. The Labute approximate surface area is 111 Å². The number of nitrogens with zero attached hydrogens (tertiary/aromatic N) is 1. The lowest BCUT2D eigenvalue weighted by atomic mass is 9.78. The lowest BCUT2D eigenvalue weighted by Crippen LogP contribution is -2.43. The summed E-state index contributed by atoms with van der Waals surface area (Å²) >= 11 is 0. The fourth-order valence-corrected chi connectivity index (χ4v) is 2.52. The maximum atomic E-state index is 11.8. The van der Waals surface area contributed by atoms with Crippen LogP contribution in [0.25, 0.3) is 0 Å². The van der Waals surface area contributed by atoms with Crippen LogP contribution in [0, 0.1) is 11.3 Å². The predicted octanol–water partition coefficient (Wildman–Crippen LogP) is 1.21. The number of nitrogens with one attached hydrogen (secondary N) is 1. The zero-order chi connectivity index (χ0) is 14.0. The van der Waals surface area contributed by atoms with Gasteiger partial charge in [-0.1, -0.05) is 13.8 Å². The third-order valence-electron chi connectivity index (χ3n) is 3.85. The van der Waals surface area contributed by atoms with Crippen LogP contribution in [0.3, 0.4) is 0 Å². The van der Waals surface area contributed by atoms with Gasteiger partial charge in [-0.3, -0.25) is 4.79 Å². The van der Waals surface area contributed by atoms with Gasteiger partial charge in [-0.05, 0) is 45.2 Å². The van der Waals surface area contributed by atoms with Crippen LogP contribution in [0.1, 0.15) is 40.5 Å². The molecule has 1 unspecified atom stereocenters. The van der Waals surface area contributed by atoms with E-state index in [0.29, 0.717) is 12.3 Å². The van der Waals surface area contributed by atoms with Gasteiger partial charge in [0.2, 0.25) is 5.91 Å². The molecule has 0 aromatic rings. The van der Waals surface area contributed by atoms with Crippen molar-refractivity contribution >= 4 is 5.91 Å². The van der Waals surface area contributed by atoms with E-state index in [4.69, 9.17) is 5.73 Å². The third-order valence-corrected chi connectivity index (χ3v) is 3.85. The number of likely N-dealkylation sites (tertiary alicyclic amines) is 1. The smallest absolute Gasteiger partial charge is 0.221 e. The molecule has 18 heavy (non-hydrogen) atoms. The zero-order valence-electron chi connectivity index (χ0n) is 12.5. The highest BCUT2D eigenvalue weighted by Crippen LogP contribution is 2.33. The molecule has 0 saturated carbocycles. The minimum absolute atomic E-state index is 0.0573. The average Bonchev–Trinajstić information content (AvgIpc) is 2.60. The summed E-state index contributed by atoms with van der Waals surface area (Å²) in [7, 11) is 2.16. The van der Waals surface area contributed by atoms with E-state index in [2.05, 4.69) is 31.1 Å².